The van der Waals surface area contributed by atoms with Gasteiger partial charge >= 0.3 is 12.1 Å². The average molecular weight is 378 g/mol. The number of nitrogens with zero attached hydrogens (tertiary/aromatic N) is 1. The van der Waals surface area contributed by atoms with Crippen LogP contribution in [0.2, 0.25) is 0 Å². The van der Waals surface area contributed by atoms with Gasteiger partial charge in [-0.1, -0.05) is 24.3 Å². The van der Waals surface area contributed by atoms with Gasteiger partial charge in [-0.15, -0.1) is 0 Å². The summed E-state index contributed by atoms with van der Waals surface area (Å²) in [6.45, 7) is 6.47. The first-order chi connectivity index (χ1) is 12.5. The summed E-state index contributed by atoms with van der Waals surface area (Å²) in [5.74, 6) is -1.81. The number of aliphatic carboxylic acids is 1. The third-order valence-corrected chi connectivity index (χ3v) is 4.24. The Labute approximate surface area is 158 Å². The second-order valence-electron chi connectivity index (χ2n) is 7.66. The molecule has 1 aliphatic rings. The summed E-state index contributed by atoms with van der Waals surface area (Å²) in [5.41, 5.74) is 0.928. The number of aliphatic hydroxyl groups is 1. The first-order valence-corrected chi connectivity index (χ1v) is 8.77. The summed E-state index contributed by atoms with van der Waals surface area (Å²) in [4.78, 5) is 37.9. The molecule has 3 N–H and O–H groups in total. The van der Waals surface area contributed by atoms with E-state index in [9.17, 15) is 24.6 Å². The predicted octanol–water partition coefficient (Wildman–Crippen LogP) is 1.30. The van der Waals surface area contributed by atoms with Crippen molar-refractivity contribution >= 4 is 18.0 Å². The van der Waals surface area contributed by atoms with Gasteiger partial charge in [0.05, 0.1) is 6.10 Å². The van der Waals surface area contributed by atoms with Crippen LogP contribution in [-0.4, -0.2) is 56.9 Å². The second kappa shape index (κ2) is 7.96. The Hall–Kier alpha value is -2.61. The number of aliphatic hydroxyl groups excluding tert-OH is 1. The Bertz CT molecular complexity index is 725. The molecule has 0 aromatic heterocycles. The summed E-state index contributed by atoms with van der Waals surface area (Å²) in [7, 11) is 0. The summed E-state index contributed by atoms with van der Waals surface area (Å²) in [6, 6.07) is 4.90. The fourth-order valence-electron chi connectivity index (χ4n) is 2.98. The zero-order valence-electron chi connectivity index (χ0n) is 15.9. The molecule has 0 radical (unpaired) electrons. The molecule has 0 saturated heterocycles. The molecule has 1 aliphatic heterocycles. The molecule has 8 heteroatoms. The minimum Gasteiger partial charge on any atom is -0.480 e. The van der Waals surface area contributed by atoms with Gasteiger partial charge in [-0.3, -0.25) is 4.79 Å². The lowest BCUT2D eigenvalue weighted by Crippen LogP contribution is -2.59. The second-order valence-corrected chi connectivity index (χ2v) is 7.66. The molecule has 2 amide bonds. The molecular formula is C19H26N2O6. The number of carbonyl (C=O) groups is 3. The van der Waals surface area contributed by atoms with E-state index in [0.29, 0.717) is 0 Å². The first kappa shape index (κ1) is 20.7. The van der Waals surface area contributed by atoms with Crippen LogP contribution in [0.15, 0.2) is 24.3 Å². The van der Waals surface area contributed by atoms with E-state index < -0.39 is 41.8 Å². The van der Waals surface area contributed by atoms with Gasteiger partial charge in [-0.05, 0) is 38.8 Å². The number of benzene rings is 1. The van der Waals surface area contributed by atoms with Gasteiger partial charge in [0.2, 0.25) is 5.91 Å². The fraction of sp³-hybridized carbons (Fsp3) is 0.526. The lowest BCUT2D eigenvalue weighted by Gasteiger charge is -2.37. The number of fused-ring (bicyclic) bond motifs is 1. The van der Waals surface area contributed by atoms with E-state index in [4.69, 9.17) is 4.74 Å². The van der Waals surface area contributed by atoms with Crippen molar-refractivity contribution in [2.45, 2.75) is 64.4 Å². The number of amides is 2. The Morgan fingerprint density at radius 3 is 2.33 bits per heavy atom. The van der Waals surface area contributed by atoms with Gasteiger partial charge in [-0.2, -0.15) is 0 Å². The summed E-state index contributed by atoms with van der Waals surface area (Å²) >= 11 is 0. The van der Waals surface area contributed by atoms with Crippen molar-refractivity contribution in [2.24, 2.45) is 0 Å². The molecule has 1 aromatic rings. The summed E-state index contributed by atoms with van der Waals surface area (Å²) in [5, 5.41) is 21.9. The highest BCUT2D eigenvalue weighted by molar-refractivity contribution is 5.90. The van der Waals surface area contributed by atoms with E-state index in [1.807, 2.05) is 24.3 Å². The molecule has 1 heterocycles. The van der Waals surface area contributed by atoms with Crippen LogP contribution in [0.25, 0.3) is 0 Å². The highest BCUT2D eigenvalue weighted by atomic mass is 16.6. The van der Waals surface area contributed by atoms with Crippen LogP contribution < -0.4 is 5.32 Å². The SMILES string of the molecule is CC(O)C(NC(=O)OC(C)(C)C)C(=O)N1Cc2ccccc2C[C@H]1C(=O)O. The highest BCUT2D eigenvalue weighted by Crippen LogP contribution is 2.24. The van der Waals surface area contributed by atoms with Gasteiger partial charge in [-0.25, -0.2) is 9.59 Å². The number of alkyl carbamates (subject to hydrolysis) is 1. The van der Waals surface area contributed by atoms with Crippen LogP contribution in [0.4, 0.5) is 4.79 Å². The van der Waals surface area contributed by atoms with Gasteiger partial charge in [0, 0.05) is 13.0 Å². The number of rotatable bonds is 4. The summed E-state index contributed by atoms with van der Waals surface area (Å²) in [6.07, 6.45) is -1.92. The molecule has 2 unspecified atom stereocenters. The van der Waals surface area contributed by atoms with Crippen molar-refractivity contribution in [2.75, 3.05) is 0 Å². The van der Waals surface area contributed by atoms with Crippen molar-refractivity contribution in [1.82, 2.24) is 10.2 Å². The third kappa shape index (κ3) is 5.19. The Kier molecular flexibility index (Phi) is 6.10. The molecular weight excluding hydrogens is 352 g/mol. The Morgan fingerprint density at radius 1 is 1.22 bits per heavy atom. The molecule has 27 heavy (non-hydrogen) atoms. The van der Waals surface area contributed by atoms with E-state index in [2.05, 4.69) is 5.32 Å². The maximum Gasteiger partial charge on any atom is 0.408 e. The Balaban J connectivity index is 2.25. The van der Waals surface area contributed by atoms with Crippen molar-refractivity contribution in [3.05, 3.63) is 35.4 Å². The number of hydrogen-bond acceptors (Lipinski definition) is 5. The molecule has 8 nitrogen and oxygen atoms in total. The minimum atomic E-state index is -1.31. The fourth-order valence-corrected chi connectivity index (χ4v) is 2.98. The Morgan fingerprint density at radius 2 is 1.81 bits per heavy atom. The zero-order valence-corrected chi connectivity index (χ0v) is 15.9. The number of hydrogen-bond donors (Lipinski definition) is 3. The van der Waals surface area contributed by atoms with Crippen LogP contribution in [0.3, 0.4) is 0 Å². The monoisotopic (exact) mass is 378 g/mol. The molecule has 0 aliphatic carbocycles. The molecule has 3 atom stereocenters. The average Bonchev–Trinajstić information content (AvgIpc) is 2.56. The van der Waals surface area contributed by atoms with Gasteiger partial charge < -0.3 is 25.2 Å². The smallest absolute Gasteiger partial charge is 0.408 e. The molecule has 0 fully saturated rings. The maximum atomic E-state index is 13.0. The molecule has 0 spiro atoms. The number of nitrogens with one attached hydrogen (secondary N) is 1. The number of carboxylic acids is 1. The van der Waals surface area contributed by atoms with Crippen molar-refractivity contribution < 1.29 is 29.3 Å². The number of carboxylic acid groups (broad SMARTS) is 1. The first-order valence-electron chi connectivity index (χ1n) is 8.77. The largest absolute Gasteiger partial charge is 0.480 e. The van der Waals surface area contributed by atoms with Gasteiger partial charge in [0.1, 0.15) is 17.7 Å². The van der Waals surface area contributed by atoms with Crippen molar-refractivity contribution in [1.29, 1.82) is 0 Å². The lowest BCUT2D eigenvalue weighted by molar-refractivity contribution is -0.153. The quantitative estimate of drug-likeness (QED) is 0.727. The molecule has 148 valence electrons. The zero-order chi connectivity index (χ0) is 20.4. The molecule has 2 rings (SSSR count). The van der Waals surface area contributed by atoms with Gasteiger partial charge in [0.25, 0.3) is 0 Å². The third-order valence-electron chi connectivity index (χ3n) is 4.24. The normalized spacial score (nSPS) is 18.9. The van der Waals surface area contributed by atoms with Crippen molar-refractivity contribution in [3.8, 4) is 0 Å². The van der Waals surface area contributed by atoms with Crippen LogP contribution in [0.1, 0.15) is 38.8 Å². The van der Waals surface area contributed by atoms with Crippen LogP contribution in [-0.2, 0) is 27.3 Å². The summed E-state index contributed by atoms with van der Waals surface area (Å²) < 4.78 is 5.14. The molecule has 1 aromatic carbocycles. The van der Waals surface area contributed by atoms with E-state index in [1.54, 1.807) is 20.8 Å². The molecule has 0 bridgehead atoms. The van der Waals surface area contributed by atoms with Crippen LogP contribution in [0, 0.1) is 0 Å². The lowest BCUT2D eigenvalue weighted by atomic mass is 9.93. The number of carbonyl (C=O) groups excluding carboxylic acids is 2. The predicted molar refractivity (Wildman–Crippen MR) is 97.0 cm³/mol. The van der Waals surface area contributed by atoms with Gasteiger partial charge in [0.15, 0.2) is 0 Å². The van der Waals surface area contributed by atoms with E-state index in [1.165, 1.54) is 11.8 Å². The van der Waals surface area contributed by atoms with E-state index in [-0.39, 0.29) is 13.0 Å². The van der Waals surface area contributed by atoms with Crippen LogP contribution in [0.5, 0.6) is 0 Å². The standard InChI is InChI=1S/C19H26N2O6/c1-11(22)15(20-18(26)27-19(2,3)4)16(23)21-10-13-8-6-5-7-12(13)9-14(21)17(24)25/h5-8,11,14-15,22H,9-10H2,1-4H3,(H,20,26)(H,24,25)/t11?,14-,15?/m0/s1. The van der Waals surface area contributed by atoms with E-state index in [0.717, 1.165) is 11.1 Å². The van der Waals surface area contributed by atoms with Crippen molar-refractivity contribution in [3.63, 3.8) is 0 Å². The minimum absolute atomic E-state index is 0.0885. The highest BCUT2D eigenvalue weighted by Gasteiger charge is 2.39. The number of ether oxygens (including phenoxy) is 1. The van der Waals surface area contributed by atoms with Crippen LogP contribution >= 0.6 is 0 Å². The maximum absolute atomic E-state index is 13.0. The topological polar surface area (TPSA) is 116 Å². The molecule has 0 saturated carbocycles. The van der Waals surface area contributed by atoms with E-state index >= 15 is 0 Å².